The van der Waals surface area contributed by atoms with E-state index in [2.05, 4.69) is 20.9 Å². The molecule has 66 valence electrons. The molecule has 0 saturated heterocycles. The number of hydrogen-bond donors (Lipinski definition) is 0. The molecule has 0 N–H and O–H groups in total. The summed E-state index contributed by atoms with van der Waals surface area (Å²) in [6.07, 6.45) is 0. The highest BCUT2D eigenvalue weighted by Crippen LogP contribution is 2.32. The van der Waals surface area contributed by atoms with E-state index in [1.165, 1.54) is 0 Å². The number of pyridine rings is 1. The van der Waals surface area contributed by atoms with Gasteiger partial charge in [0.1, 0.15) is 11.8 Å². The Bertz CT molecular complexity index is 386. The largest absolute Gasteiger partial charge is 0.452 e. The van der Waals surface area contributed by atoms with Gasteiger partial charge in [0.05, 0.1) is 0 Å². The van der Waals surface area contributed by atoms with E-state index in [9.17, 15) is 0 Å². The van der Waals surface area contributed by atoms with Crippen LogP contribution in [0.15, 0.2) is 6.07 Å². The first-order valence-electron chi connectivity index (χ1n) is 3.60. The van der Waals surface area contributed by atoms with Gasteiger partial charge < -0.3 is 9.47 Å². The SMILES string of the molecule is N#Cc1nc2c(cc1CBr)OCO2. The van der Waals surface area contributed by atoms with Crippen LogP contribution in [0.4, 0.5) is 0 Å². The zero-order valence-corrected chi connectivity index (χ0v) is 8.17. The molecule has 5 heteroatoms. The van der Waals surface area contributed by atoms with Gasteiger partial charge in [-0.05, 0) is 6.07 Å². The van der Waals surface area contributed by atoms with Crippen LogP contribution in [0.3, 0.4) is 0 Å². The van der Waals surface area contributed by atoms with Crippen molar-refractivity contribution in [2.45, 2.75) is 5.33 Å². The lowest BCUT2D eigenvalue weighted by atomic mass is 10.2. The maximum absolute atomic E-state index is 8.75. The smallest absolute Gasteiger partial charge is 0.261 e. The number of halogens is 1. The molecule has 1 aromatic heterocycles. The van der Waals surface area contributed by atoms with Gasteiger partial charge in [0.25, 0.3) is 5.88 Å². The molecule has 0 bridgehead atoms. The maximum Gasteiger partial charge on any atom is 0.261 e. The summed E-state index contributed by atoms with van der Waals surface area (Å²) in [6.45, 7) is 0.180. The van der Waals surface area contributed by atoms with E-state index < -0.39 is 0 Å². The quantitative estimate of drug-likeness (QED) is 0.700. The lowest BCUT2D eigenvalue weighted by Gasteiger charge is -2.00. The summed E-state index contributed by atoms with van der Waals surface area (Å²) in [5.41, 5.74) is 1.19. The predicted octanol–water partition coefficient (Wildman–Crippen LogP) is 1.58. The second kappa shape index (κ2) is 3.23. The van der Waals surface area contributed by atoms with Crippen molar-refractivity contribution in [3.05, 3.63) is 17.3 Å². The van der Waals surface area contributed by atoms with E-state index in [1.54, 1.807) is 6.07 Å². The van der Waals surface area contributed by atoms with Crippen molar-refractivity contribution < 1.29 is 9.47 Å². The third kappa shape index (κ3) is 1.33. The monoisotopic (exact) mass is 240 g/mol. The van der Waals surface area contributed by atoms with Gasteiger partial charge in [-0.1, -0.05) is 15.9 Å². The average molecular weight is 241 g/mol. The first-order chi connectivity index (χ1) is 6.35. The molecule has 1 aliphatic heterocycles. The fraction of sp³-hybridized carbons (Fsp3) is 0.250. The third-order valence-corrected chi connectivity index (χ3v) is 2.30. The van der Waals surface area contributed by atoms with E-state index in [4.69, 9.17) is 14.7 Å². The molecule has 0 aromatic carbocycles. The van der Waals surface area contributed by atoms with Crippen molar-refractivity contribution in [3.63, 3.8) is 0 Å². The molecule has 0 fully saturated rings. The molecule has 1 aromatic rings. The van der Waals surface area contributed by atoms with Crippen LogP contribution < -0.4 is 9.47 Å². The summed E-state index contributed by atoms with van der Waals surface area (Å²) in [6, 6.07) is 3.77. The third-order valence-electron chi connectivity index (χ3n) is 1.69. The molecular formula is C8H5BrN2O2. The summed E-state index contributed by atoms with van der Waals surface area (Å²) in [7, 11) is 0. The maximum atomic E-state index is 8.75. The van der Waals surface area contributed by atoms with Gasteiger partial charge >= 0.3 is 0 Å². The summed E-state index contributed by atoms with van der Waals surface area (Å²) in [5.74, 6) is 1.01. The number of alkyl halides is 1. The highest BCUT2D eigenvalue weighted by atomic mass is 79.9. The molecule has 2 rings (SSSR count). The fourth-order valence-electron chi connectivity index (χ4n) is 1.07. The van der Waals surface area contributed by atoms with Crippen molar-refractivity contribution in [1.82, 2.24) is 4.98 Å². The Morgan fingerprint density at radius 2 is 2.46 bits per heavy atom. The molecule has 2 heterocycles. The molecule has 0 atom stereocenters. The van der Waals surface area contributed by atoms with Gasteiger partial charge in [0, 0.05) is 10.9 Å². The number of aromatic nitrogens is 1. The minimum absolute atomic E-state index is 0.180. The van der Waals surface area contributed by atoms with Crippen molar-refractivity contribution >= 4 is 15.9 Å². The zero-order chi connectivity index (χ0) is 9.26. The van der Waals surface area contributed by atoms with Crippen molar-refractivity contribution in [2.24, 2.45) is 0 Å². The van der Waals surface area contributed by atoms with Crippen LogP contribution in [-0.2, 0) is 5.33 Å². The minimum Gasteiger partial charge on any atom is -0.452 e. The Labute approximate surface area is 83.2 Å². The van der Waals surface area contributed by atoms with E-state index >= 15 is 0 Å². The van der Waals surface area contributed by atoms with Crippen LogP contribution in [0.5, 0.6) is 11.6 Å². The second-order valence-corrected chi connectivity index (χ2v) is 3.01. The molecule has 0 unspecified atom stereocenters. The van der Waals surface area contributed by atoms with E-state index in [0.717, 1.165) is 5.56 Å². The molecule has 0 aliphatic carbocycles. The van der Waals surface area contributed by atoms with E-state index in [1.807, 2.05) is 6.07 Å². The zero-order valence-electron chi connectivity index (χ0n) is 6.58. The van der Waals surface area contributed by atoms with Crippen LogP contribution in [0, 0.1) is 11.3 Å². The minimum atomic E-state index is 0.180. The van der Waals surface area contributed by atoms with Crippen LogP contribution in [0.2, 0.25) is 0 Å². The van der Waals surface area contributed by atoms with Gasteiger partial charge in [0.15, 0.2) is 5.75 Å². The molecule has 1 aliphatic rings. The number of ether oxygens (including phenoxy) is 2. The number of nitrogens with zero attached hydrogens (tertiary/aromatic N) is 2. The Morgan fingerprint density at radius 1 is 1.62 bits per heavy atom. The van der Waals surface area contributed by atoms with Crippen LogP contribution in [-0.4, -0.2) is 11.8 Å². The van der Waals surface area contributed by atoms with Crippen LogP contribution in [0.1, 0.15) is 11.3 Å². The summed E-state index contributed by atoms with van der Waals surface area (Å²) < 4.78 is 10.2. The molecule has 0 saturated carbocycles. The fourth-order valence-corrected chi connectivity index (χ4v) is 1.50. The van der Waals surface area contributed by atoms with Crippen LogP contribution in [0.25, 0.3) is 0 Å². The Kier molecular flexibility index (Phi) is 2.07. The van der Waals surface area contributed by atoms with Gasteiger partial charge in [-0.2, -0.15) is 10.2 Å². The highest BCUT2D eigenvalue weighted by Gasteiger charge is 2.18. The number of nitriles is 1. The number of hydrogen-bond acceptors (Lipinski definition) is 4. The summed E-state index contributed by atoms with van der Waals surface area (Å²) in [5, 5.41) is 9.33. The second-order valence-electron chi connectivity index (χ2n) is 2.45. The van der Waals surface area contributed by atoms with Crippen LogP contribution >= 0.6 is 15.9 Å². The molecule has 0 radical (unpaired) electrons. The van der Waals surface area contributed by atoms with Gasteiger partial charge in [-0.25, -0.2) is 0 Å². The summed E-state index contributed by atoms with van der Waals surface area (Å²) >= 11 is 3.27. The van der Waals surface area contributed by atoms with Gasteiger partial charge in [0.2, 0.25) is 6.79 Å². The Hall–Kier alpha value is -1.28. The average Bonchev–Trinajstić information content (AvgIpc) is 2.62. The van der Waals surface area contributed by atoms with E-state index in [-0.39, 0.29) is 6.79 Å². The molecular weight excluding hydrogens is 236 g/mol. The number of fused-ring (bicyclic) bond motifs is 1. The summed E-state index contributed by atoms with van der Waals surface area (Å²) in [4.78, 5) is 4.00. The normalized spacial score (nSPS) is 12.6. The molecule has 0 spiro atoms. The highest BCUT2D eigenvalue weighted by molar-refractivity contribution is 9.08. The topological polar surface area (TPSA) is 55.1 Å². The predicted molar refractivity (Wildman–Crippen MR) is 47.7 cm³/mol. The lowest BCUT2D eigenvalue weighted by Crippen LogP contribution is -1.94. The van der Waals surface area contributed by atoms with Crippen molar-refractivity contribution in [1.29, 1.82) is 5.26 Å². The molecule has 4 nitrogen and oxygen atoms in total. The van der Waals surface area contributed by atoms with Crippen molar-refractivity contribution in [2.75, 3.05) is 6.79 Å². The number of rotatable bonds is 1. The Morgan fingerprint density at radius 3 is 3.15 bits per heavy atom. The molecule has 0 amide bonds. The van der Waals surface area contributed by atoms with E-state index in [0.29, 0.717) is 22.7 Å². The van der Waals surface area contributed by atoms with Gasteiger partial charge in [-0.3, -0.25) is 0 Å². The molecule has 13 heavy (non-hydrogen) atoms. The van der Waals surface area contributed by atoms with Gasteiger partial charge in [-0.15, -0.1) is 0 Å². The van der Waals surface area contributed by atoms with Crippen molar-refractivity contribution in [3.8, 4) is 17.7 Å². The first kappa shape index (κ1) is 8.32. The Balaban J connectivity index is 2.55. The first-order valence-corrected chi connectivity index (χ1v) is 4.73. The lowest BCUT2D eigenvalue weighted by molar-refractivity contribution is 0.171. The standard InChI is InChI=1S/C8H5BrN2O2/c9-2-5-1-7-8(13-4-12-7)11-6(5)3-10/h1H,2,4H2.